The van der Waals surface area contributed by atoms with Crippen molar-refractivity contribution in [3.05, 3.63) is 35.9 Å². The quantitative estimate of drug-likeness (QED) is 0.908. The lowest BCUT2D eigenvalue weighted by molar-refractivity contribution is -0.00790. The highest BCUT2D eigenvalue weighted by Crippen LogP contribution is 2.34. The molecule has 25 heavy (non-hydrogen) atoms. The smallest absolute Gasteiger partial charge is 0.410 e. The number of carbonyl (C=O) groups is 1. The summed E-state index contributed by atoms with van der Waals surface area (Å²) >= 11 is 0. The first-order valence-electron chi connectivity index (χ1n) is 9.38. The van der Waals surface area contributed by atoms with Crippen molar-refractivity contribution in [1.29, 1.82) is 0 Å². The van der Waals surface area contributed by atoms with Crippen LogP contribution in [0.25, 0.3) is 0 Å². The van der Waals surface area contributed by atoms with Gasteiger partial charge < -0.3 is 15.2 Å². The van der Waals surface area contributed by atoms with Gasteiger partial charge in [-0.15, -0.1) is 0 Å². The third kappa shape index (κ3) is 4.15. The van der Waals surface area contributed by atoms with Crippen LogP contribution in [-0.2, 0) is 9.47 Å². The Balaban J connectivity index is 1.50. The van der Waals surface area contributed by atoms with Crippen molar-refractivity contribution in [3.8, 4) is 0 Å². The fourth-order valence-corrected chi connectivity index (χ4v) is 4.35. The molecule has 5 heteroatoms. The van der Waals surface area contributed by atoms with Crippen molar-refractivity contribution in [2.24, 2.45) is 5.73 Å². The molecule has 1 aliphatic heterocycles. The van der Waals surface area contributed by atoms with Gasteiger partial charge >= 0.3 is 6.09 Å². The van der Waals surface area contributed by atoms with Crippen LogP contribution in [0.3, 0.4) is 0 Å². The van der Waals surface area contributed by atoms with Crippen LogP contribution in [0, 0.1) is 0 Å². The Hall–Kier alpha value is -1.59. The van der Waals surface area contributed by atoms with E-state index in [0.717, 1.165) is 32.1 Å². The maximum atomic E-state index is 12.0. The molecule has 3 rings (SSSR count). The molecule has 2 aliphatic rings. The van der Waals surface area contributed by atoms with Gasteiger partial charge in [0.1, 0.15) is 0 Å². The van der Waals surface area contributed by atoms with Crippen molar-refractivity contribution in [2.75, 3.05) is 13.7 Å². The zero-order valence-electron chi connectivity index (χ0n) is 15.3. The molecule has 0 spiro atoms. The Labute approximate surface area is 150 Å². The molecule has 1 aromatic rings. The first-order valence-corrected chi connectivity index (χ1v) is 9.38. The number of carbonyl (C=O) groups excluding carboxylic acids is 1. The minimum atomic E-state index is -0.304. The van der Waals surface area contributed by atoms with Crippen molar-refractivity contribution in [1.82, 2.24) is 4.90 Å². The first-order chi connectivity index (χ1) is 12.1. The Morgan fingerprint density at radius 1 is 1.20 bits per heavy atom. The van der Waals surface area contributed by atoms with E-state index in [1.54, 1.807) is 4.90 Å². The molecule has 0 aromatic heterocycles. The summed E-state index contributed by atoms with van der Waals surface area (Å²) in [6.07, 6.45) is 5.20. The monoisotopic (exact) mass is 346 g/mol. The molecule has 1 heterocycles. The largest absolute Gasteiger partial charge is 0.453 e. The van der Waals surface area contributed by atoms with Gasteiger partial charge in [0.05, 0.1) is 25.9 Å². The number of amides is 1. The molecule has 1 aromatic carbocycles. The summed E-state index contributed by atoms with van der Waals surface area (Å²) in [5.41, 5.74) is 7.67. The van der Waals surface area contributed by atoms with Gasteiger partial charge in [-0.05, 0) is 50.5 Å². The van der Waals surface area contributed by atoms with E-state index in [0.29, 0.717) is 12.5 Å². The van der Waals surface area contributed by atoms with E-state index in [1.165, 1.54) is 12.7 Å². The van der Waals surface area contributed by atoms with Crippen molar-refractivity contribution >= 4 is 6.09 Å². The molecule has 1 saturated heterocycles. The fraction of sp³-hybridized carbons (Fsp3) is 0.650. The lowest BCUT2D eigenvalue weighted by Gasteiger charge is -2.32. The number of ether oxygens (including phenoxy) is 2. The van der Waals surface area contributed by atoms with E-state index in [2.05, 4.69) is 30.3 Å². The molecule has 2 N–H and O–H groups in total. The van der Waals surface area contributed by atoms with Crippen LogP contribution in [0.5, 0.6) is 0 Å². The summed E-state index contributed by atoms with van der Waals surface area (Å²) in [6.45, 7) is 2.52. The van der Waals surface area contributed by atoms with Crippen LogP contribution in [0.1, 0.15) is 50.5 Å². The Bertz CT molecular complexity index is 557. The third-order valence-electron chi connectivity index (χ3n) is 5.77. The molecule has 5 nitrogen and oxygen atoms in total. The Morgan fingerprint density at radius 2 is 1.88 bits per heavy atom. The van der Waals surface area contributed by atoms with E-state index < -0.39 is 0 Å². The maximum Gasteiger partial charge on any atom is 0.410 e. The van der Waals surface area contributed by atoms with Gasteiger partial charge in [0.2, 0.25) is 0 Å². The van der Waals surface area contributed by atoms with Crippen molar-refractivity contribution in [3.63, 3.8) is 0 Å². The molecule has 1 saturated carbocycles. The average Bonchev–Trinajstić information content (AvgIpc) is 2.93. The summed E-state index contributed by atoms with van der Waals surface area (Å²) in [5, 5.41) is 0. The third-order valence-corrected chi connectivity index (χ3v) is 5.77. The molecule has 1 unspecified atom stereocenters. The molecule has 1 aliphatic carbocycles. The number of nitrogens with zero attached hydrogens (tertiary/aromatic N) is 1. The van der Waals surface area contributed by atoms with Crippen LogP contribution >= 0.6 is 0 Å². The second-order valence-corrected chi connectivity index (χ2v) is 7.41. The van der Waals surface area contributed by atoms with Gasteiger partial charge in [-0.1, -0.05) is 30.3 Å². The minimum Gasteiger partial charge on any atom is -0.453 e. The highest BCUT2D eigenvalue weighted by molar-refractivity contribution is 5.69. The highest BCUT2D eigenvalue weighted by atomic mass is 16.5. The van der Waals surface area contributed by atoms with Crippen LogP contribution in [0.15, 0.2) is 30.3 Å². The second kappa shape index (κ2) is 8.19. The lowest BCUT2D eigenvalue weighted by Crippen LogP contribution is -2.47. The summed E-state index contributed by atoms with van der Waals surface area (Å²) in [7, 11) is 1.42. The molecule has 138 valence electrons. The summed E-state index contributed by atoms with van der Waals surface area (Å²) in [6, 6.07) is 10.7. The zero-order chi connectivity index (χ0) is 17.8. The van der Waals surface area contributed by atoms with Crippen molar-refractivity contribution < 1.29 is 14.3 Å². The number of benzene rings is 1. The SMILES string of the molecule is COC(=O)N1C(COC2CCC(c3ccccc3)CC2)[C@@H](N)C[C@H]1C. The van der Waals surface area contributed by atoms with E-state index in [-0.39, 0.29) is 30.3 Å². The van der Waals surface area contributed by atoms with Crippen molar-refractivity contribution in [2.45, 2.75) is 69.2 Å². The lowest BCUT2D eigenvalue weighted by atomic mass is 9.83. The van der Waals surface area contributed by atoms with Gasteiger partial charge in [-0.25, -0.2) is 4.79 Å². The topological polar surface area (TPSA) is 64.8 Å². The van der Waals surface area contributed by atoms with E-state index >= 15 is 0 Å². The predicted octanol–water partition coefficient (Wildman–Crippen LogP) is 3.29. The molecule has 2 fully saturated rings. The van der Waals surface area contributed by atoms with E-state index in [9.17, 15) is 4.79 Å². The summed E-state index contributed by atoms with van der Waals surface area (Å²) in [4.78, 5) is 13.8. The molecular weight excluding hydrogens is 316 g/mol. The Kier molecular flexibility index (Phi) is 5.97. The standard InChI is InChI=1S/C20H30N2O3/c1-14-12-18(21)19(22(14)20(23)24-2)13-25-17-10-8-16(9-11-17)15-6-4-3-5-7-15/h3-7,14,16-19H,8-13,21H2,1-2H3/t14-,16?,17?,18+,19?/m1/s1. The number of methoxy groups -OCH3 is 1. The van der Waals surface area contributed by atoms with Gasteiger partial charge in [0.15, 0.2) is 0 Å². The average molecular weight is 346 g/mol. The molecule has 0 bridgehead atoms. The number of likely N-dealkylation sites (tertiary alicyclic amines) is 1. The molecule has 0 radical (unpaired) electrons. The number of hydrogen-bond donors (Lipinski definition) is 1. The maximum absolute atomic E-state index is 12.0. The van der Waals surface area contributed by atoms with Gasteiger partial charge in [-0.2, -0.15) is 0 Å². The summed E-state index contributed by atoms with van der Waals surface area (Å²) in [5.74, 6) is 0.640. The van der Waals surface area contributed by atoms with Crippen LogP contribution in [-0.4, -0.2) is 48.9 Å². The first kappa shape index (κ1) is 18.2. The van der Waals surface area contributed by atoms with E-state index in [4.69, 9.17) is 15.2 Å². The molecular formula is C20H30N2O3. The number of nitrogens with two attached hydrogens (primary N) is 1. The van der Waals surface area contributed by atoms with Gasteiger partial charge in [0, 0.05) is 12.1 Å². The molecule has 3 atom stereocenters. The van der Waals surface area contributed by atoms with Gasteiger partial charge in [-0.3, -0.25) is 4.90 Å². The predicted molar refractivity (Wildman–Crippen MR) is 97.5 cm³/mol. The highest BCUT2D eigenvalue weighted by Gasteiger charge is 2.41. The zero-order valence-corrected chi connectivity index (χ0v) is 15.3. The second-order valence-electron chi connectivity index (χ2n) is 7.41. The number of rotatable bonds is 4. The Morgan fingerprint density at radius 3 is 2.52 bits per heavy atom. The van der Waals surface area contributed by atoms with E-state index in [1.807, 2.05) is 6.92 Å². The summed E-state index contributed by atoms with van der Waals surface area (Å²) < 4.78 is 11.1. The van der Waals surface area contributed by atoms with Crippen LogP contribution in [0.4, 0.5) is 4.79 Å². The number of hydrogen-bond acceptors (Lipinski definition) is 4. The normalized spacial score (nSPS) is 32.6. The van der Waals surface area contributed by atoms with Crippen LogP contribution < -0.4 is 5.73 Å². The molecule has 1 amide bonds. The van der Waals surface area contributed by atoms with Gasteiger partial charge in [0.25, 0.3) is 0 Å². The fourth-order valence-electron chi connectivity index (χ4n) is 4.35. The van der Waals surface area contributed by atoms with Crippen LogP contribution in [0.2, 0.25) is 0 Å². The minimum absolute atomic E-state index is 0.0465.